The molecule has 0 bridgehead atoms. The molecule has 3 N–H and O–H groups in total. The number of hydrogen-bond acceptors (Lipinski definition) is 2. The topological polar surface area (TPSA) is 55.1 Å². The Morgan fingerprint density at radius 1 is 1.20 bits per heavy atom. The van der Waals surface area contributed by atoms with Crippen LogP contribution in [0.5, 0.6) is 0 Å². The fourth-order valence-electron chi connectivity index (χ4n) is 1.86. The Bertz CT molecular complexity index is 656. The van der Waals surface area contributed by atoms with Gasteiger partial charge in [-0.2, -0.15) is 0 Å². The summed E-state index contributed by atoms with van der Waals surface area (Å²) in [6, 6.07) is 8.41. The summed E-state index contributed by atoms with van der Waals surface area (Å²) in [6.45, 7) is 2.00. The van der Waals surface area contributed by atoms with Crippen molar-refractivity contribution in [3.8, 4) is 0 Å². The fraction of sp³-hybridized carbons (Fsp3) is 0.133. The highest BCUT2D eigenvalue weighted by molar-refractivity contribution is 5.92. The number of nitrogens with one attached hydrogen (secondary N) is 1. The molecular weight excluding hydrogens is 262 g/mol. The molecule has 0 fully saturated rings. The first-order valence-electron chi connectivity index (χ1n) is 6.05. The van der Waals surface area contributed by atoms with Crippen LogP contribution in [0.1, 0.15) is 21.5 Å². The third-order valence-electron chi connectivity index (χ3n) is 3.00. The first-order chi connectivity index (χ1) is 9.47. The van der Waals surface area contributed by atoms with E-state index in [-0.39, 0.29) is 17.9 Å². The average Bonchev–Trinajstić information content (AvgIpc) is 2.38. The van der Waals surface area contributed by atoms with Gasteiger partial charge in [-0.25, -0.2) is 8.78 Å². The van der Waals surface area contributed by atoms with E-state index < -0.39 is 11.7 Å². The molecule has 104 valence electrons. The minimum atomic E-state index is -0.669. The molecule has 0 aromatic heterocycles. The molecule has 0 heterocycles. The SMILES string of the molecule is Cc1cc(F)ccc1NCc1ccc(C(N)=O)cc1F. The van der Waals surface area contributed by atoms with Gasteiger partial charge in [0.1, 0.15) is 11.6 Å². The van der Waals surface area contributed by atoms with Gasteiger partial charge < -0.3 is 11.1 Å². The molecule has 3 nitrogen and oxygen atoms in total. The summed E-state index contributed by atoms with van der Waals surface area (Å²) in [6.07, 6.45) is 0. The monoisotopic (exact) mass is 276 g/mol. The van der Waals surface area contributed by atoms with Crippen LogP contribution in [0.2, 0.25) is 0 Å². The Balaban J connectivity index is 2.13. The van der Waals surface area contributed by atoms with Gasteiger partial charge in [-0.3, -0.25) is 4.79 Å². The van der Waals surface area contributed by atoms with Gasteiger partial charge in [0.2, 0.25) is 5.91 Å². The highest BCUT2D eigenvalue weighted by Gasteiger charge is 2.07. The van der Waals surface area contributed by atoms with Gasteiger partial charge >= 0.3 is 0 Å². The summed E-state index contributed by atoms with van der Waals surface area (Å²) < 4.78 is 26.7. The van der Waals surface area contributed by atoms with Crippen LogP contribution in [0, 0.1) is 18.6 Å². The number of hydrogen-bond donors (Lipinski definition) is 2. The zero-order valence-electron chi connectivity index (χ0n) is 10.9. The first kappa shape index (κ1) is 14.0. The van der Waals surface area contributed by atoms with Gasteiger partial charge in [0, 0.05) is 23.4 Å². The zero-order chi connectivity index (χ0) is 14.7. The molecule has 0 atom stereocenters. The van der Waals surface area contributed by atoms with Crippen molar-refractivity contribution < 1.29 is 13.6 Å². The lowest BCUT2D eigenvalue weighted by Crippen LogP contribution is -2.12. The van der Waals surface area contributed by atoms with Gasteiger partial charge in [-0.15, -0.1) is 0 Å². The van der Waals surface area contributed by atoms with Crippen molar-refractivity contribution in [2.45, 2.75) is 13.5 Å². The Labute approximate surface area is 115 Å². The van der Waals surface area contributed by atoms with Crippen molar-refractivity contribution in [2.75, 3.05) is 5.32 Å². The molecule has 0 aliphatic rings. The molecule has 5 heteroatoms. The number of carbonyl (C=O) groups is 1. The van der Waals surface area contributed by atoms with E-state index in [0.29, 0.717) is 5.56 Å². The number of primary amides is 1. The lowest BCUT2D eigenvalue weighted by molar-refractivity contribution is 0.1000. The van der Waals surface area contributed by atoms with Crippen molar-refractivity contribution in [1.82, 2.24) is 0 Å². The molecule has 2 aromatic carbocycles. The second-order valence-corrected chi connectivity index (χ2v) is 4.48. The Hall–Kier alpha value is -2.43. The minimum Gasteiger partial charge on any atom is -0.381 e. The Kier molecular flexibility index (Phi) is 3.98. The molecule has 0 aliphatic carbocycles. The minimum absolute atomic E-state index is 0.129. The molecule has 0 spiro atoms. The third-order valence-corrected chi connectivity index (χ3v) is 3.00. The molecule has 0 saturated carbocycles. The van der Waals surface area contributed by atoms with Gasteiger partial charge in [0.05, 0.1) is 0 Å². The third kappa shape index (κ3) is 3.12. The van der Waals surface area contributed by atoms with Crippen molar-refractivity contribution in [3.05, 3.63) is 64.7 Å². The molecule has 1 amide bonds. The summed E-state index contributed by atoms with van der Waals surface area (Å²) in [5.41, 5.74) is 7.07. The lowest BCUT2D eigenvalue weighted by atomic mass is 10.1. The van der Waals surface area contributed by atoms with E-state index in [4.69, 9.17) is 5.73 Å². The van der Waals surface area contributed by atoms with Gasteiger partial charge in [-0.1, -0.05) is 6.07 Å². The van der Waals surface area contributed by atoms with E-state index in [9.17, 15) is 13.6 Å². The Morgan fingerprint density at radius 3 is 2.55 bits per heavy atom. The predicted octanol–water partition coefficient (Wildman–Crippen LogP) is 2.98. The van der Waals surface area contributed by atoms with Crippen LogP contribution in [0.3, 0.4) is 0 Å². The number of anilines is 1. The normalized spacial score (nSPS) is 10.3. The highest BCUT2D eigenvalue weighted by atomic mass is 19.1. The number of halogens is 2. The first-order valence-corrected chi connectivity index (χ1v) is 6.05. The second-order valence-electron chi connectivity index (χ2n) is 4.48. The number of benzene rings is 2. The number of aryl methyl sites for hydroxylation is 1. The van der Waals surface area contributed by atoms with Crippen molar-refractivity contribution in [2.24, 2.45) is 5.73 Å². The quantitative estimate of drug-likeness (QED) is 0.902. The van der Waals surface area contributed by atoms with Crippen LogP contribution in [-0.2, 0) is 6.54 Å². The van der Waals surface area contributed by atoms with Crippen LogP contribution in [0.15, 0.2) is 36.4 Å². The van der Waals surface area contributed by atoms with E-state index in [0.717, 1.165) is 17.3 Å². The van der Waals surface area contributed by atoms with Crippen molar-refractivity contribution in [3.63, 3.8) is 0 Å². The van der Waals surface area contributed by atoms with Crippen LogP contribution >= 0.6 is 0 Å². The summed E-state index contributed by atoms with van der Waals surface area (Å²) in [4.78, 5) is 10.9. The molecule has 0 radical (unpaired) electrons. The van der Waals surface area contributed by atoms with E-state index in [1.54, 1.807) is 13.0 Å². The van der Waals surface area contributed by atoms with Crippen molar-refractivity contribution in [1.29, 1.82) is 0 Å². The number of nitrogens with two attached hydrogens (primary N) is 1. The molecule has 0 saturated heterocycles. The maximum absolute atomic E-state index is 13.8. The van der Waals surface area contributed by atoms with Crippen LogP contribution < -0.4 is 11.1 Å². The van der Waals surface area contributed by atoms with E-state index in [1.165, 1.54) is 24.3 Å². The van der Waals surface area contributed by atoms with Crippen LogP contribution in [0.4, 0.5) is 14.5 Å². The van der Waals surface area contributed by atoms with Gasteiger partial charge in [0.15, 0.2) is 0 Å². The van der Waals surface area contributed by atoms with Gasteiger partial charge in [-0.05, 0) is 42.8 Å². The average molecular weight is 276 g/mol. The van der Waals surface area contributed by atoms with Crippen molar-refractivity contribution >= 4 is 11.6 Å². The standard InChI is InChI=1S/C15H14F2N2O/c1-9-6-12(16)4-5-14(9)19-8-11-3-2-10(15(18)20)7-13(11)17/h2-7,19H,8H2,1H3,(H2,18,20). The zero-order valence-corrected chi connectivity index (χ0v) is 10.9. The summed E-state index contributed by atoms with van der Waals surface area (Å²) >= 11 is 0. The highest BCUT2D eigenvalue weighted by Crippen LogP contribution is 2.18. The van der Waals surface area contributed by atoms with Crippen LogP contribution in [0.25, 0.3) is 0 Å². The van der Waals surface area contributed by atoms with E-state index >= 15 is 0 Å². The molecule has 2 rings (SSSR count). The number of carbonyl (C=O) groups excluding carboxylic acids is 1. The number of rotatable bonds is 4. The molecule has 2 aromatic rings. The van der Waals surface area contributed by atoms with E-state index in [2.05, 4.69) is 5.32 Å². The second kappa shape index (κ2) is 5.69. The van der Waals surface area contributed by atoms with E-state index in [1.807, 2.05) is 0 Å². The predicted molar refractivity (Wildman–Crippen MR) is 73.4 cm³/mol. The maximum Gasteiger partial charge on any atom is 0.248 e. The molecule has 0 unspecified atom stereocenters. The molecular formula is C15H14F2N2O. The summed E-state index contributed by atoms with van der Waals surface area (Å²) in [5.74, 6) is -1.49. The summed E-state index contributed by atoms with van der Waals surface area (Å²) in [7, 11) is 0. The Morgan fingerprint density at radius 2 is 1.95 bits per heavy atom. The largest absolute Gasteiger partial charge is 0.381 e. The summed E-state index contributed by atoms with van der Waals surface area (Å²) in [5, 5.41) is 3.02. The van der Waals surface area contributed by atoms with Crippen LogP contribution in [-0.4, -0.2) is 5.91 Å². The van der Waals surface area contributed by atoms with Gasteiger partial charge in [0.25, 0.3) is 0 Å². The lowest BCUT2D eigenvalue weighted by Gasteiger charge is -2.10. The molecule has 20 heavy (non-hydrogen) atoms. The maximum atomic E-state index is 13.8. The number of amides is 1. The smallest absolute Gasteiger partial charge is 0.248 e. The molecule has 0 aliphatic heterocycles. The fourth-order valence-corrected chi connectivity index (χ4v) is 1.86.